The van der Waals surface area contributed by atoms with E-state index in [0.29, 0.717) is 0 Å². The number of hydrogen-bond acceptors (Lipinski definition) is 1. The van der Waals surface area contributed by atoms with Crippen LogP contribution in [-0.2, 0) is 0 Å². The van der Waals surface area contributed by atoms with Crippen LogP contribution in [0.3, 0.4) is 0 Å². The van der Waals surface area contributed by atoms with Crippen molar-refractivity contribution in [1.29, 1.82) is 0 Å². The van der Waals surface area contributed by atoms with Crippen LogP contribution in [0.5, 0.6) is 0 Å². The number of rotatable bonds is 1. The second-order valence-electron chi connectivity index (χ2n) is 3.82. The predicted molar refractivity (Wildman–Crippen MR) is 45.1 cm³/mol. The van der Waals surface area contributed by atoms with Crippen molar-refractivity contribution in [3.63, 3.8) is 0 Å². The highest BCUT2D eigenvalue weighted by atomic mass is 15.2. The van der Waals surface area contributed by atoms with Gasteiger partial charge in [-0.2, -0.15) is 0 Å². The van der Waals surface area contributed by atoms with E-state index in [1.807, 2.05) is 0 Å². The largest absolute Gasteiger partial charge is 0.296 e. The van der Waals surface area contributed by atoms with Crippen molar-refractivity contribution in [3.05, 3.63) is 0 Å². The molecule has 2 atom stereocenters. The minimum Gasteiger partial charge on any atom is -0.296 e. The Kier molecular flexibility index (Phi) is 2.35. The van der Waals surface area contributed by atoms with E-state index in [2.05, 4.69) is 32.6 Å². The van der Waals surface area contributed by atoms with Gasteiger partial charge in [0.2, 0.25) is 0 Å². The first-order valence-corrected chi connectivity index (χ1v) is 4.40. The number of likely N-dealkylation sites (tertiary alicyclic amines) is 1. The van der Waals surface area contributed by atoms with Crippen LogP contribution in [0.1, 0.15) is 40.5 Å². The Labute approximate surface area is 64.4 Å². The SMILES string of the molecule is CC(C)N1C(C)CCC1C. The predicted octanol–water partition coefficient (Wildman–Crippen LogP) is 2.27. The van der Waals surface area contributed by atoms with Crippen LogP contribution in [0.15, 0.2) is 0 Å². The van der Waals surface area contributed by atoms with Crippen LogP contribution in [0.2, 0.25) is 0 Å². The first-order chi connectivity index (χ1) is 4.63. The first-order valence-electron chi connectivity index (χ1n) is 4.40. The van der Waals surface area contributed by atoms with Gasteiger partial charge in [0.15, 0.2) is 0 Å². The van der Waals surface area contributed by atoms with E-state index >= 15 is 0 Å². The normalized spacial score (nSPS) is 35.7. The topological polar surface area (TPSA) is 3.24 Å². The zero-order valence-electron chi connectivity index (χ0n) is 7.59. The van der Waals surface area contributed by atoms with Gasteiger partial charge in [-0.3, -0.25) is 4.90 Å². The Hall–Kier alpha value is -0.0400. The van der Waals surface area contributed by atoms with Gasteiger partial charge in [-0.15, -0.1) is 0 Å². The van der Waals surface area contributed by atoms with Crippen LogP contribution >= 0.6 is 0 Å². The third kappa shape index (κ3) is 1.34. The fraction of sp³-hybridized carbons (Fsp3) is 1.00. The second kappa shape index (κ2) is 2.91. The van der Waals surface area contributed by atoms with Gasteiger partial charge >= 0.3 is 0 Å². The van der Waals surface area contributed by atoms with Gasteiger partial charge in [-0.05, 0) is 40.5 Å². The van der Waals surface area contributed by atoms with Crippen molar-refractivity contribution in [2.45, 2.75) is 58.7 Å². The summed E-state index contributed by atoms with van der Waals surface area (Å²) in [6, 6.07) is 2.36. The minimum atomic E-state index is 0.729. The molecule has 0 bridgehead atoms. The van der Waals surface area contributed by atoms with E-state index in [9.17, 15) is 0 Å². The molecule has 0 aromatic heterocycles. The second-order valence-corrected chi connectivity index (χ2v) is 3.82. The molecule has 1 aliphatic heterocycles. The van der Waals surface area contributed by atoms with Gasteiger partial charge in [-0.25, -0.2) is 0 Å². The lowest BCUT2D eigenvalue weighted by molar-refractivity contribution is 0.167. The standard InChI is InChI=1S/C9H19N/c1-7(2)10-8(3)5-6-9(10)4/h7-9H,5-6H2,1-4H3. The molecule has 1 fully saturated rings. The molecule has 0 N–H and O–H groups in total. The smallest absolute Gasteiger partial charge is 0.00730 e. The van der Waals surface area contributed by atoms with Crippen LogP contribution in [0.25, 0.3) is 0 Å². The lowest BCUT2D eigenvalue weighted by Crippen LogP contribution is -2.38. The van der Waals surface area contributed by atoms with Crippen molar-refractivity contribution in [2.75, 3.05) is 0 Å². The van der Waals surface area contributed by atoms with Crippen molar-refractivity contribution >= 4 is 0 Å². The molecule has 0 spiro atoms. The Morgan fingerprint density at radius 2 is 1.50 bits per heavy atom. The Balaban J connectivity index is 2.54. The zero-order valence-corrected chi connectivity index (χ0v) is 7.59. The maximum Gasteiger partial charge on any atom is 0.00730 e. The molecule has 60 valence electrons. The number of hydrogen-bond donors (Lipinski definition) is 0. The van der Waals surface area contributed by atoms with Crippen molar-refractivity contribution in [2.24, 2.45) is 0 Å². The Bertz CT molecular complexity index is 99.3. The molecule has 1 saturated heterocycles. The summed E-state index contributed by atoms with van der Waals surface area (Å²) in [6.45, 7) is 9.25. The summed E-state index contributed by atoms with van der Waals surface area (Å²) < 4.78 is 0. The van der Waals surface area contributed by atoms with Gasteiger partial charge in [0.25, 0.3) is 0 Å². The molecular weight excluding hydrogens is 122 g/mol. The highest BCUT2D eigenvalue weighted by Gasteiger charge is 2.28. The molecule has 10 heavy (non-hydrogen) atoms. The molecule has 0 aromatic carbocycles. The first kappa shape index (κ1) is 8.06. The molecule has 1 heterocycles. The Morgan fingerprint density at radius 3 is 1.70 bits per heavy atom. The lowest BCUT2D eigenvalue weighted by atomic mass is 10.2. The number of nitrogens with zero attached hydrogens (tertiary/aromatic N) is 1. The van der Waals surface area contributed by atoms with Crippen molar-refractivity contribution in [3.8, 4) is 0 Å². The summed E-state index contributed by atoms with van der Waals surface area (Å²) in [4.78, 5) is 2.61. The maximum atomic E-state index is 2.61. The van der Waals surface area contributed by atoms with E-state index in [4.69, 9.17) is 0 Å². The van der Waals surface area contributed by atoms with E-state index in [-0.39, 0.29) is 0 Å². The molecule has 1 nitrogen and oxygen atoms in total. The van der Waals surface area contributed by atoms with Gasteiger partial charge in [0.05, 0.1) is 0 Å². The fourth-order valence-corrected chi connectivity index (χ4v) is 2.23. The van der Waals surface area contributed by atoms with E-state index < -0.39 is 0 Å². The molecule has 0 aromatic rings. The van der Waals surface area contributed by atoms with Crippen molar-refractivity contribution in [1.82, 2.24) is 4.90 Å². The molecule has 0 radical (unpaired) electrons. The molecule has 1 heteroatoms. The monoisotopic (exact) mass is 141 g/mol. The highest BCUT2D eigenvalue weighted by molar-refractivity contribution is 4.84. The maximum absolute atomic E-state index is 2.61. The molecule has 1 aliphatic rings. The molecular formula is C9H19N. The quantitative estimate of drug-likeness (QED) is 0.541. The molecule has 0 amide bonds. The van der Waals surface area contributed by atoms with E-state index in [0.717, 1.165) is 18.1 Å². The molecule has 0 saturated carbocycles. The van der Waals surface area contributed by atoms with Crippen LogP contribution in [0.4, 0.5) is 0 Å². The van der Waals surface area contributed by atoms with Gasteiger partial charge < -0.3 is 0 Å². The lowest BCUT2D eigenvalue weighted by Gasteiger charge is -2.29. The summed E-state index contributed by atoms with van der Waals surface area (Å²) in [5.41, 5.74) is 0. The summed E-state index contributed by atoms with van der Waals surface area (Å²) in [5.74, 6) is 0. The average molecular weight is 141 g/mol. The fourth-order valence-electron chi connectivity index (χ4n) is 2.23. The summed E-state index contributed by atoms with van der Waals surface area (Å²) >= 11 is 0. The molecule has 2 unspecified atom stereocenters. The van der Waals surface area contributed by atoms with E-state index in [1.165, 1.54) is 12.8 Å². The minimum absolute atomic E-state index is 0.729. The Morgan fingerprint density at radius 1 is 1.10 bits per heavy atom. The van der Waals surface area contributed by atoms with Gasteiger partial charge in [-0.1, -0.05) is 0 Å². The summed E-state index contributed by atoms with van der Waals surface area (Å²) in [5, 5.41) is 0. The van der Waals surface area contributed by atoms with Crippen LogP contribution in [-0.4, -0.2) is 23.0 Å². The summed E-state index contributed by atoms with van der Waals surface area (Å²) in [6.07, 6.45) is 2.78. The van der Waals surface area contributed by atoms with Gasteiger partial charge in [0, 0.05) is 18.1 Å². The highest BCUT2D eigenvalue weighted by Crippen LogP contribution is 2.25. The molecule has 0 aliphatic carbocycles. The molecule has 1 rings (SSSR count). The third-order valence-corrected chi connectivity index (χ3v) is 2.62. The third-order valence-electron chi connectivity index (χ3n) is 2.62. The van der Waals surface area contributed by atoms with Crippen molar-refractivity contribution < 1.29 is 0 Å². The van der Waals surface area contributed by atoms with Crippen LogP contribution < -0.4 is 0 Å². The summed E-state index contributed by atoms with van der Waals surface area (Å²) in [7, 11) is 0. The van der Waals surface area contributed by atoms with Gasteiger partial charge in [0.1, 0.15) is 0 Å². The zero-order chi connectivity index (χ0) is 7.72. The van der Waals surface area contributed by atoms with Crippen LogP contribution in [0, 0.1) is 0 Å². The van der Waals surface area contributed by atoms with E-state index in [1.54, 1.807) is 0 Å². The average Bonchev–Trinajstić information content (AvgIpc) is 2.11.